The molecule has 1 N–H and O–H groups in total. The summed E-state index contributed by atoms with van der Waals surface area (Å²) in [6.45, 7) is 0.737. The van der Waals surface area contributed by atoms with E-state index in [1.54, 1.807) is 24.3 Å². The number of benzene rings is 2. The van der Waals surface area contributed by atoms with E-state index in [0.29, 0.717) is 0 Å². The van der Waals surface area contributed by atoms with Gasteiger partial charge in [0, 0.05) is 29.2 Å². The number of nitrogens with one attached hydrogen (secondary N) is 1. The Kier molecular flexibility index (Phi) is 5.39. The van der Waals surface area contributed by atoms with Crippen molar-refractivity contribution in [3.05, 3.63) is 78.5 Å². The summed E-state index contributed by atoms with van der Waals surface area (Å²) < 4.78 is 29.1. The number of nitrogens with zero attached hydrogens (tertiary/aromatic N) is 2. The van der Waals surface area contributed by atoms with Crippen molar-refractivity contribution < 1.29 is 8.78 Å². The Morgan fingerprint density at radius 1 is 0.893 bits per heavy atom. The van der Waals surface area contributed by atoms with Gasteiger partial charge in [0.05, 0.1) is 17.1 Å². The van der Waals surface area contributed by atoms with Gasteiger partial charge in [-0.15, -0.1) is 0 Å². The minimum Gasteiger partial charge on any atom is -0.359 e. The van der Waals surface area contributed by atoms with E-state index in [4.69, 9.17) is 4.98 Å². The van der Waals surface area contributed by atoms with Gasteiger partial charge in [-0.05, 0) is 67.1 Å². The summed E-state index contributed by atoms with van der Waals surface area (Å²) in [4.78, 5) is 8.12. The number of halogens is 3. The molecule has 3 nitrogen and oxygen atoms in total. The fraction of sp³-hybridized carbons (Fsp3) is 0.136. The van der Waals surface area contributed by atoms with Crippen LogP contribution in [0.5, 0.6) is 0 Å². The fourth-order valence-electron chi connectivity index (χ4n) is 3.27. The number of aromatic nitrogens is 3. The lowest BCUT2D eigenvalue weighted by molar-refractivity contribution is 0.627. The standard InChI is InChI=1S/C22H18BrF2N3/c23-12-2-14-28-21(16-6-10-18(25)11-7-16)20(15-4-8-17(24)9-5-15)27-22(28)19-3-1-13-26-19/h1,3-11,13,26H,2,12,14H2. The van der Waals surface area contributed by atoms with E-state index in [9.17, 15) is 8.78 Å². The summed E-state index contributed by atoms with van der Waals surface area (Å²) in [5, 5.41) is 0.851. The van der Waals surface area contributed by atoms with Crippen LogP contribution in [-0.4, -0.2) is 19.9 Å². The number of hydrogen-bond donors (Lipinski definition) is 1. The minimum absolute atomic E-state index is 0.289. The zero-order valence-corrected chi connectivity index (χ0v) is 16.6. The molecule has 2 aromatic carbocycles. The van der Waals surface area contributed by atoms with Crippen LogP contribution in [0.1, 0.15) is 6.42 Å². The number of imidazole rings is 1. The molecule has 28 heavy (non-hydrogen) atoms. The third-order valence-electron chi connectivity index (χ3n) is 4.56. The molecule has 0 amide bonds. The van der Waals surface area contributed by atoms with E-state index in [-0.39, 0.29) is 11.6 Å². The Morgan fingerprint density at radius 2 is 1.54 bits per heavy atom. The quantitative estimate of drug-likeness (QED) is 0.351. The van der Waals surface area contributed by atoms with Crippen molar-refractivity contribution in [3.8, 4) is 34.0 Å². The number of rotatable bonds is 6. The summed E-state index contributed by atoms with van der Waals surface area (Å²) in [7, 11) is 0. The number of aromatic amines is 1. The molecule has 0 fully saturated rings. The summed E-state index contributed by atoms with van der Waals surface area (Å²) in [5.41, 5.74) is 4.20. The van der Waals surface area contributed by atoms with E-state index in [1.165, 1.54) is 24.3 Å². The van der Waals surface area contributed by atoms with Crippen LogP contribution in [0.15, 0.2) is 66.9 Å². The molecule has 4 rings (SSSR count). The molecule has 0 unspecified atom stereocenters. The van der Waals surface area contributed by atoms with Gasteiger partial charge in [0.25, 0.3) is 0 Å². The van der Waals surface area contributed by atoms with Gasteiger partial charge >= 0.3 is 0 Å². The molecule has 0 aliphatic carbocycles. The molecule has 0 saturated carbocycles. The van der Waals surface area contributed by atoms with E-state index in [1.807, 2.05) is 18.3 Å². The summed E-state index contributed by atoms with van der Waals surface area (Å²) in [5.74, 6) is 0.211. The van der Waals surface area contributed by atoms with Crippen LogP contribution in [0, 0.1) is 11.6 Å². The third kappa shape index (κ3) is 3.64. The van der Waals surface area contributed by atoms with Crippen molar-refractivity contribution in [2.24, 2.45) is 0 Å². The first-order valence-electron chi connectivity index (χ1n) is 8.99. The normalized spacial score (nSPS) is 11.1. The lowest BCUT2D eigenvalue weighted by Gasteiger charge is -2.12. The molecule has 0 aliphatic heterocycles. The SMILES string of the molecule is Fc1ccc(-c2nc(-c3ccc[nH]3)n(CCCBr)c2-c2ccc(F)cc2)cc1. The van der Waals surface area contributed by atoms with Gasteiger partial charge in [-0.25, -0.2) is 13.8 Å². The molecule has 0 aliphatic rings. The second kappa shape index (κ2) is 8.10. The molecule has 0 bridgehead atoms. The van der Waals surface area contributed by atoms with E-state index < -0.39 is 0 Å². The predicted octanol–water partition coefficient (Wildman–Crippen LogP) is 6.28. The molecular weight excluding hydrogens is 424 g/mol. The zero-order valence-electron chi connectivity index (χ0n) is 15.0. The van der Waals surface area contributed by atoms with Crippen LogP contribution in [-0.2, 0) is 6.54 Å². The summed E-state index contributed by atoms with van der Waals surface area (Å²) >= 11 is 3.50. The second-order valence-corrected chi connectivity index (χ2v) is 7.22. The van der Waals surface area contributed by atoms with Gasteiger partial charge in [-0.3, -0.25) is 0 Å². The van der Waals surface area contributed by atoms with E-state index in [2.05, 4.69) is 25.5 Å². The highest BCUT2D eigenvalue weighted by Gasteiger charge is 2.21. The predicted molar refractivity (Wildman–Crippen MR) is 111 cm³/mol. The van der Waals surface area contributed by atoms with Gasteiger partial charge in [0.15, 0.2) is 5.82 Å². The van der Waals surface area contributed by atoms with E-state index >= 15 is 0 Å². The Bertz CT molecular complexity index is 1050. The molecule has 2 heterocycles. The first kappa shape index (κ1) is 18.6. The highest BCUT2D eigenvalue weighted by molar-refractivity contribution is 9.09. The summed E-state index contributed by atoms with van der Waals surface area (Å²) in [6.07, 6.45) is 2.76. The average Bonchev–Trinajstić information content (AvgIpc) is 3.35. The van der Waals surface area contributed by atoms with Crippen molar-refractivity contribution in [1.82, 2.24) is 14.5 Å². The monoisotopic (exact) mass is 441 g/mol. The van der Waals surface area contributed by atoms with Crippen molar-refractivity contribution in [3.63, 3.8) is 0 Å². The minimum atomic E-state index is -0.296. The highest BCUT2D eigenvalue weighted by atomic mass is 79.9. The second-order valence-electron chi connectivity index (χ2n) is 6.42. The average molecular weight is 442 g/mol. The number of alkyl halides is 1. The molecule has 6 heteroatoms. The fourth-order valence-corrected chi connectivity index (χ4v) is 3.52. The van der Waals surface area contributed by atoms with Crippen molar-refractivity contribution in [2.75, 3.05) is 5.33 Å². The maximum absolute atomic E-state index is 13.5. The van der Waals surface area contributed by atoms with Crippen molar-refractivity contribution >= 4 is 15.9 Å². The molecule has 2 aromatic heterocycles. The van der Waals surface area contributed by atoms with E-state index in [0.717, 1.165) is 52.3 Å². The maximum Gasteiger partial charge on any atom is 0.157 e. The van der Waals surface area contributed by atoms with Gasteiger partial charge in [0.2, 0.25) is 0 Å². The van der Waals surface area contributed by atoms with Crippen LogP contribution >= 0.6 is 15.9 Å². The smallest absolute Gasteiger partial charge is 0.157 e. The molecule has 4 aromatic rings. The zero-order chi connectivity index (χ0) is 19.5. The first-order chi connectivity index (χ1) is 13.7. The number of H-pyrrole nitrogens is 1. The van der Waals surface area contributed by atoms with Crippen molar-refractivity contribution in [1.29, 1.82) is 0 Å². The Morgan fingerprint density at radius 3 is 2.11 bits per heavy atom. The van der Waals surface area contributed by atoms with Crippen LogP contribution in [0.25, 0.3) is 34.0 Å². The van der Waals surface area contributed by atoms with Gasteiger partial charge in [-0.1, -0.05) is 15.9 Å². The Hall–Kier alpha value is -2.73. The molecule has 142 valence electrons. The molecule has 0 atom stereocenters. The highest BCUT2D eigenvalue weighted by Crippen LogP contribution is 2.36. The molecule has 0 spiro atoms. The topological polar surface area (TPSA) is 33.6 Å². The molecule has 0 radical (unpaired) electrons. The van der Waals surface area contributed by atoms with Crippen LogP contribution in [0.2, 0.25) is 0 Å². The molecule has 0 saturated heterocycles. The molecular formula is C22H18BrF2N3. The summed E-state index contributed by atoms with van der Waals surface area (Å²) in [6, 6.07) is 16.6. The number of hydrogen-bond acceptors (Lipinski definition) is 1. The van der Waals surface area contributed by atoms with Crippen LogP contribution in [0.4, 0.5) is 8.78 Å². The largest absolute Gasteiger partial charge is 0.359 e. The van der Waals surface area contributed by atoms with Gasteiger partial charge in [0.1, 0.15) is 11.6 Å². The lowest BCUT2D eigenvalue weighted by atomic mass is 10.0. The van der Waals surface area contributed by atoms with Gasteiger partial charge in [-0.2, -0.15) is 0 Å². The first-order valence-corrected chi connectivity index (χ1v) is 10.1. The lowest BCUT2D eigenvalue weighted by Crippen LogP contribution is -2.04. The third-order valence-corrected chi connectivity index (χ3v) is 5.12. The van der Waals surface area contributed by atoms with Crippen molar-refractivity contribution in [2.45, 2.75) is 13.0 Å². The van der Waals surface area contributed by atoms with Gasteiger partial charge < -0.3 is 9.55 Å². The van der Waals surface area contributed by atoms with Crippen LogP contribution < -0.4 is 0 Å². The maximum atomic E-state index is 13.5. The Labute approximate surface area is 170 Å². The Balaban J connectivity index is 1.97. The van der Waals surface area contributed by atoms with Crippen LogP contribution in [0.3, 0.4) is 0 Å².